The molecule has 0 amide bonds. The highest BCUT2D eigenvalue weighted by molar-refractivity contribution is 6.34. The zero-order valence-corrected chi connectivity index (χ0v) is 14.6. The van der Waals surface area contributed by atoms with Crippen molar-refractivity contribution >= 4 is 33.5 Å². The third kappa shape index (κ3) is 4.44. The molecule has 0 fully saturated rings. The molecular formula is C16H13ClF6N4. The Bertz CT molecular complexity index is 979. The van der Waals surface area contributed by atoms with E-state index in [1.165, 1.54) is 25.2 Å². The van der Waals surface area contributed by atoms with Crippen LogP contribution in [0.1, 0.15) is 5.56 Å². The number of alkyl halides is 6. The van der Waals surface area contributed by atoms with Crippen molar-refractivity contribution in [2.24, 2.45) is 0 Å². The normalized spacial score (nSPS) is 13.2. The first-order chi connectivity index (χ1) is 12.4. The van der Waals surface area contributed by atoms with Gasteiger partial charge in [-0.05, 0) is 24.7 Å². The summed E-state index contributed by atoms with van der Waals surface area (Å²) >= 11 is 5.99. The minimum Gasteiger partial charge on any atom is -0.327 e. The van der Waals surface area contributed by atoms with E-state index in [0.29, 0.717) is 10.9 Å². The Hall–Kier alpha value is -2.07. The first kappa shape index (κ1) is 19.7. The van der Waals surface area contributed by atoms with E-state index in [4.69, 9.17) is 11.6 Å². The minimum atomic E-state index is -4.50. The molecule has 3 aromatic rings. The van der Waals surface area contributed by atoms with E-state index in [-0.39, 0.29) is 28.2 Å². The van der Waals surface area contributed by atoms with Gasteiger partial charge in [-0.3, -0.25) is 4.90 Å². The molecule has 0 saturated carbocycles. The summed E-state index contributed by atoms with van der Waals surface area (Å²) in [4.78, 5) is 8.83. The second-order valence-corrected chi connectivity index (χ2v) is 6.56. The van der Waals surface area contributed by atoms with Crippen LogP contribution in [0.3, 0.4) is 0 Å². The third-order valence-electron chi connectivity index (χ3n) is 3.89. The van der Waals surface area contributed by atoms with Crippen molar-refractivity contribution in [1.29, 1.82) is 0 Å². The Kier molecular flexibility index (Phi) is 4.98. The third-order valence-corrected chi connectivity index (χ3v) is 4.17. The van der Waals surface area contributed by atoms with Crippen LogP contribution in [0.2, 0.25) is 5.15 Å². The van der Waals surface area contributed by atoms with Gasteiger partial charge in [-0.15, -0.1) is 0 Å². The Balaban J connectivity index is 2.09. The van der Waals surface area contributed by atoms with Crippen molar-refractivity contribution in [3.05, 3.63) is 35.2 Å². The molecule has 27 heavy (non-hydrogen) atoms. The Morgan fingerprint density at radius 3 is 2.41 bits per heavy atom. The fraction of sp³-hybridized carbons (Fsp3) is 0.375. The predicted octanol–water partition coefficient (Wildman–Crippen LogP) is 4.79. The van der Waals surface area contributed by atoms with Crippen molar-refractivity contribution in [2.75, 3.05) is 13.6 Å². The average molecular weight is 411 g/mol. The molecule has 11 heteroatoms. The highest BCUT2D eigenvalue weighted by Gasteiger charge is 2.31. The first-order valence-corrected chi connectivity index (χ1v) is 8.06. The molecule has 2 aromatic heterocycles. The molecule has 0 bridgehead atoms. The van der Waals surface area contributed by atoms with Gasteiger partial charge in [-0.2, -0.15) is 26.3 Å². The number of halogens is 7. The van der Waals surface area contributed by atoms with Gasteiger partial charge in [-0.25, -0.2) is 9.97 Å². The first-order valence-electron chi connectivity index (χ1n) is 7.68. The van der Waals surface area contributed by atoms with Gasteiger partial charge in [0, 0.05) is 11.9 Å². The maximum Gasteiger partial charge on any atom is 0.406 e. The smallest absolute Gasteiger partial charge is 0.327 e. The van der Waals surface area contributed by atoms with E-state index in [9.17, 15) is 26.3 Å². The van der Waals surface area contributed by atoms with Crippen LogP contribution in [0.5, 0.6) is 0 Å². The van der Waals surface area contributed by atoms with Crippen LogP contribution in [0.15, 0.2) is 24.5 Å². The molecule has 2 heterocycles. The van der Waals surface area contributed by atoms with E-state index in [0.717, 1.165) is 15.8 Å². The van der Waals surface area contributed by atoms with Crippen LogP contribution in [-0.4, -0.2) is 45.4 Å². The summed E-state index contributed by atoms with van der Waals surface area (Å²) in [6.07, 6.45) is -7.71. The zero-order chi connectivity index (χ0) is 20.0. The van der Waals surface area contributed by atoms with Crippen molar-refractivity contribution in [3.63, 3.8) is 0 Å². The van der Waals surface area contributed by atoms with Gasteiger partial charge in [0.25, 0.3) is 0 Å². The van der Waals surface area contributed by atoms with Gasteiger partial charge in [0.15, 0.2) is 5.15 Å². The number of aromatic nitrogens is 3. The van der Waals surface area contributed by atoms with Crippen molar-refractivity contribution in [3.8, 4) is 0 Å². The summed E-state index contributed by atoms with van der Waals surface area (Å²) in [5, 5.41) is 0.243. The monoisotopic (exact) mass is 410 g/mol. The van der Waals surface area contributed by atoms with Crippen LogP contribution in [0, 0.1) is 0 Å². The Morgan fingerprint density at radius 1 is 1.07 bits per heavy atom. The summed E-state index contributed by atoms with van der Waals surface area (Å²) in [6, 6.07) is 4.44. The van der Waals surface area contributed by atoms with Crippen LogP contribution in [0.25, 0.3) is 21.9 Å². The number of nitrogens with zero attached hydrogens (tertiary/aromatic N) is 4. The van der Waals surface area contributed by atoms with Gasteiger partial charge in [0.1, 0.15) is 23.9 Å². The molecule has 0 aliphatic heterocycles. The molecule has 0 unspecified atom stereocenters. The van der Waals surface area contributed by atoms with E-state index in [2.05, 4.69) is 9.97 Å². The number of benzene rings is 1. The van der Waals surface area contributed by atoms with E-state index < -0.39 is 25.4 Å². The molecule has 146 valence electrons. The fourth-order valence-corrected chi connectivity index (χ4v) is 3.27. The molecule has 0 spiro atoms. The zero-order valence-electron chi connectivity index (χ0n) is 13.9. The molecular weight excluding hydrogens is 398 g/mol. The molecule has 1 aromatic carbocycles. The fourth-order valence-electron chi connectivity index (χ4n) is 3.04. The van der Waals surface area contributed by atoms with Crippen molar-refractivity contribution in [1.82, 2.24) is 19.4 Å². The molecule has 3 rings (SSSR count). The summed E-state index contributed by atoms with van der Waals surface area (Å²) in [7, 11) is 1.31. The summed E-state index contributed by atoms with van der Waals surface area (Å²) in [5.74, 6) is 0. The minimum absolute atomic E-state index is 0.0276. The van der Waals surface area contributed by atoms with Crippen molar-refractivity contribution in [2.45, 2.75) is 25.4 Å². The van der Waals surface area contributed by atoms with Crippen LogP contribution in [-0.2, 0) is 13.1 Å². The number of hydrogen-bond donors (Lipinski definition) is 0. The Morgan fingerprint density at radius 2 is 1.78 bits per heavy atom. The average Bonchev–Trinajstić information content (AvgIpc) is 2.79. The maximum atomic E-state index is 13.0. The Labute approximate surface area is 154 Å². The van der Waals surface area contributed by atoms with Crippen LogP contribution in [0.4, 0.5) is 26.3 Å². The number of fused-ring (bicyclic) bond motifs is 3. The highest BCUT2D eigenvalue weighted by atomic mass is 35.5. The lowest BCUT2D eigenvalue weighted by molar-refractivity contribution is -0.144. The summed E-state index contributed by atoms with van der Waals surface area (Å²) in [5.41, 5.74) is 0.990. The van der Waals surface area contributed by atoms with Gasteiger partial charge in [-0.1, -0.05) is 17.7 Å². The lowest BCUT2D eigenvalue weighted by Crippen LogP contribution is -2.30. The number of hydrogen-bond acceptors (Lipinski definition) is 3. The van der Waals surface area contributed by atoms with Crippen LogP contribution < -0.4 is 0 Å². The van der Waals surface area contributed by atoms with Gasteiger partial charge in [0.2, 0.25) is 0 Å². The molecule has 0 N–H and O–H groups in total. The van der Waals surface area contributed by atoms with E-state index in [1.54, 1.807) is 0 Å². The second kappa shape index (κ2) is 6.83. The van der Waals surface area contributed by atoms with Crippen molar-refractivity contribution < 1.29 is 26.3 Å². The quantitative estimate of drug-likeness (QED) is 0.458. The molecule has 0 saturated heterocycles. The van der Waals surface area contributed by atoms with Crippen LogP contribution >= 0.6 is 11.6 Å². The largest absolute Gasteiger partial charge is 0.406 e. The van der Waals surface area contributed by atoms with Gasteiger partial charge < -0.3 is 4.57 Å². The second-order valence-electron chi connectivity index (χ2n) is 6.20. The highest BCUT2D eigenvalue weighted by Crippen LogP contribution is 2.34. The molecule has 0 aliphatic carbocycles. The summed E-state index contributed by atoms with van der Waals surface area (Å²) in [6.45, 7) is -2.41. The van der Waals surface area contributed by atoms with E-state index >= 15 is 0 Å². The predicted molar refractivity (Wildman–Crippen MR) is 88.5 cm³/mol. The van der Waals surface area contributed by atoms with E-state index in [1.807, 2.05) is 0 Å². The lowest BCUT2D eigenvalue weighted by Gasteiger charge is -2.18. The lowest BCUT2D eigenvalue weighted by atomic mass is 10.1. The SMILES string of the molecule is CN(Cc1ccc2c(c1)c1ncnc(Cl)c1n2CC(F)(F)F)CC(F)(F)F. The molecule has 0 atom stereocenters. The summed E-state index contributed by atoms with van der Waals surface area (Å²) < 4.78 is 77.4. The molecule has 0 aliphatic rings. The standard InChI is InChI=1S/C16H13ClF6N4/c1-26(6-15(18,19)20)5-9-2-3-11-10(4-9)12-13(14(17)25-8-24-12)27(11)7-16(21,22)23/h2-4,8H,5-7H2,1H3. The maximum absolute atomic E-state index is 13.0. The van der Waals surface area contributed by atoms with Gasteiger partial charge >= 0.3 is 12.4 Å². The topological polar surface area (TPSA) is 34.0 Å². The number of rotatable bonds is 4. The molecule has 0 radical (unpaired) electrons. The van der Waals surface area contributed by atoms with Gasteiger partial charge in [0.05, 0.1) is 12.1 Å². The molecule has 4 nitrogen and oxygen atoms in total.